The average Bonchev–Trinajstić information content (AvgIpc) is 3.11. The van der Waals surface area contributed by atoms with Gasteiger partial charge in [-0.3, -0.25) is 4.79 Å². The number of ketones is 1. The molecule has 1 aliphatic heterocycles. The van der Waals surface area contributed by atoms with Crippen LogP contribution in [0.3, 0.4) is 0 Å². The molecule has 3 rings (SSSR count). The molecule has 0 aromatic heterocycles. The lowest BCUT2D eigenvalue weighted by molar-refractivity contribution is -0.0693. The van der Waals surface area contributed by atoms with Crippen LogP contribution in [0.25, 0.3) is 0 Å². The molecule has 3 atom stereocenters. The van der Waals surface area contributed by atoms with Gasteiger partial charge in [-0.1, -0.05) is 67.6 Å². The molecule has 0 spiro atoms. The van der Waals surface area contributed by atoms with Crippen LogP contribution in [0, 0.1) is 5.92 Å². The van der Waals surface area contributed by atoms with Crippen molar-refractivity contribution in [1.29, 1.82) is 0 Å². The van der Waals surface area contributed by atoms with E-state index in [1.54, 1.807) is 0 Å². The summed E-state index contributed by atoms with van der Waals surface area (Å²) in [7, 11) is 0. The molecule has 1 heterocycles. The number of hydrogen-bond acceptors (Lipinski definition) is 3. The zero-order valence-electron chi connectivity index (χ0n) is 14.1. The molecular weight excluding hydrogens is 300 g/mol. The zero-order chi connectivity index (χ0) is 16.8. The normalized spacial score (nSPS) is 21.5. The summed E-state index contributed by atoms with van der Waals surface area (Å²) >= 11 is 0. The Balaban J connectivity index is 1.45. The van der Waals surface area contributed by atoms with Gasteiger partial charge in [-0.15, -0.1) is 0 Å². The maximum Gasteiger partial charge on any atom is 0.163 e. The van der Waals surface area contributed by atoms with E-state index >= 15 is 0 Å². The summed E-state index contributed by atoms with van der Waals surface area (Å²) in [6.45, 7) is 2.64. The minimum atomic E-state index is -0.163. The van der Waals surface area contributed by atoms with Crippen LogP contribution in [0.2, 0.25) is 0 Å². The van der Waals surface area contributed by atoms with E-state index in [1.165, 1.54) is 5.56 Å². The summed E-state index contributed by atoms with van der Waals surface area (Å²) < 4.78 is 11.8. The standard InChI is InChI=1S/C21H24O3/c1-16(14-19(22)18-10-6-3-7-11-18)20-15-23-21(24-20)13-12-17-8-4-2-5-9-17/h2-11,16,20-21H,12-15H2,1H3. The average molecular weight is 324 g/mol. The van der Waals surface area contributed by atoms with Gasteiger partial charge in [0.25, 0.3) is 0 Å². The van der Waals surface area contributed by atoms with Crippen molar-refractivity contribution >= 4 is 5.78 Å². The second-order valence-corrected chi connectivity index (χ2v) is 6.43. The first-order valence-electron chi connectivity index (χ1n) is 8.61. The van der Waals surface area contributed by atoms with Gasteiger partial charge in [0.05, 0.1) is 12.7 Å². The maximum atomic E-state index is 12.3. The lowest BCUT2D eigenvalue weighted by atomic mass is 9.95. The van der Waals surface area contributed by atoms with E-state index in [0.717, 1.165) is 18.4 Å². The first kappa shape index (κ1) is 16.9. The summed E-state index contributed by atoms with van der Waals surface area (Å²) in [6.07, 6.45) is 2.11. The third kappa shape index (κ3) is 4.53. The van der Waals surface area contributed by atoms with Crippen LogP contribution in [-0.4, -0.2) is 24.8 Å². The molecule has 3 unspecified atom stereocenters. The molecule has 0 N–H and O–H groups in total. The molecule has 1 aliphatic rings. The lowest BCUT2D eigenvalue weighted by Gasteiger charge is -2.17. The van der Waals surface area contributed by atoms with Crippen molar-refractivity contribution in [2.24, 2.45) is 5.92 Å². The third-order valence-corrected chi connectivity index (χ3v) is 4.52. The van der Waals surface area contributed by atoms with Crippen molar-refractivity contribution in [2.75, 3.05) is 6.61 Å². The molecule has 0 saturated carbocycles. The molecule has 0 bridgehead atoms. The van der Waals surface area contributed by atoms with Crippen molar-refractivity contribution in [3.8, 4) is 0 Å². The highest BCUT2D eigenvalue weighted by atomic mass is 16.7. The van der Waals surface area contributed by atoms with Gasteiger partial charge >= 0.3 is 0 Å². The van der Waals surface area contributed by atoms with Gasteiger partial charge in [0, 0.05) is 18.4 Å². The predicted molar refractivity (Wildman–Crippen MR) is 93.9 cm³/mol. The van der Waals surface area contributed by atoms with Gasteiger partial charge in [0.2, 0.25) is 0 Å². The van der Waals surface area contributed by atoms with Gasteiger partial charge in [0.1, 0.15) is 0 Å². The first-order chi connectivity index (χ1) is 11.7. The maximum absolute atomic E-state index is 12.3. The monoisotopic (exact) mass is 324 g/mol. The molecule has 126 valence electrons. The molecule has 0 amide bonds. The van der Waals surface area contributed by atoms with E-state index in [0.29, 0.717) is 13.0 Å². The Bertz CT molecular complexity index is 639. The largest absolute Gasteiger partial charge is 0.350 e. The van der Waals surface area contributed by atoms with Gasteiger partial charge in [0.15, 0.2) is 12.1 Å². The number of aryl methyl sites for hydroxylation is 1. The second kappa shape index (κ2) is 8.22. The van der Waals surface area contributed by atoms with Crippen molar-refractivity contribution in [3.05, 3.63) is 71.8 Å². The number of carbonyl (C=O) groups is 1. The molecule has 0 aliphatic carbocycles. The van der Waals surface area contributed by atoms with Gasteiger partial charge in [-0.2, -0.15) is 0 Å². The minimum Gasteiger partial charge on any atom is -0.350 e. The van der Waals surface area contributed by atoms with E-state index in [4.69, 9.17) is 9.47 Å². The third-order valence-electron chi connectivity index (χ3n) is 4.52. The van der Waals surface area contributed by atoms with Crippen molar-refractivity contribution in [2.45, 2.75) is 38.6 Å². The highest BCUT2D eigenvalue weighted by Gasteiger charge is 2.31. The Morgan fingerprint density at radius 1 is 1.08 bits per heavy atom. The van der Waals surface area contributed by atoms with Gasteiger partial charge in [-0.25, -0.2) is 0 Å². The molecular formula is C21H24O3. The number of benzene rings is 2. The van der Waals surface area contributed by atoms with Crippen LogP contribution in [0.4, 0.5) is 0 Å². The fraction of sp³-hybridized carbons (Fsp3) is 0.381. The summed E-state index contributed by atoms with van der Waals surface area (Å²) in [6, 6.07) is 19.8. The van der Waals surface area contributed by atoms with E-state index in [2.05, 4.69) is 19.1 Å². The number of rotatable bonds is 7. The van der Waals surface area contributed by atoms with Crippen LogP contribution >= 0.6 is 0 Å². The number of ether oxygens (including phenoxy) is 2. The quantitative estimate of drug-likeness (QED) is 0.714. The number of carbonyl (C=O) groups excluding carboxylic acids is 1. The molecule has 3 heteroatoms. The highest BCUT2D eigenvalue weighted by Crippen LogP contribution is 2.25. The summed E-state index contributed by atoms with van der Waals surface area (Å²) in [4.78, 5) is 12.3. The van der Waals surface area contributed by atoms with E-state index < -0.39 is 0 Å². The van der Waals surface area contributed by atoms with E-state index in [-0.39, 0.29) is 24.1 Å². The smallest absolute Gasteiger partial charge is 0.163 e. The summed E-state index contributed by atoms with van der Waals surface area (Å²) in [5.74, 6) is 0.318. The first-order valence-corrected chi connectivity index (χ1v) is 8.61. The molecule has 3 nitrogen and oxygen atoms in total. The summed E-state index contributed by atoms with van der Waals surface area (Å²) in [5.41, 5.74) is 2.06. The Kier molecular flexibility index (Phi) is 5.78. The zero-order valence-corrected chi connectivity index (χ0v) is 14.1. The van der Waals surface area contributed by atoms with Crippen LogP contribution in [0.5, 0.6) is 0 Å². The van der Waals surface area contributed by atoms with Crippen molar-refractivity contribution in [1.82, 2.24) is 0 Å². The van der Waals surface area contributed by atoms with Crippen LogP contribution in [0.1, 0.15) is 35.7 Å². The topological polar surface area (TPSA) is 35.5 Å². The van der Waals surface area contributed by atoms with Crippen molar-refractivity contribution in [3.63, 3.8) is 0 Å². The molecule has 2 aromatic carbocycles. The molecule has 2 aromatic rings. The Morgan fingerprint density at radius 3 is 2.46 bits per heavy atom. The Morgan fingerprint density at radius 2 is 1.75 bits per heavy atom. The van der Waals surface area contributed by atoms with Crippen LogP contribution < -0.4 is 0 Å². The lowest BCUT2D eigenvalue weighted by Crippen LogP contribution is -2.23. The number of hydrogen-bond donors (Lipinski definition) is 0. The van der Waals surface area contributed by atoms with Crippen LogP contribution in [-0.2, 0) is 15.9 Å². The predicted octanol–water partition coefficient (Wildman–Crippen LogP) is 4.27. The second-order valence-electron chi connectivity index (χ2n) is 6.43. The highest BCUT2D eigenvalue weighted by molar-refractivity contribution is 5.96. The molecule has 24 heavy (non-hydrogen) atoms. The minimum absolute atomic E-state index is 0.00145. The number of Topliss-reactive ketones (excluding diaryl/α,β-unsaturated/α-hetero) is 1. The van der Waals surface area contributed by atoms with E-state index in [9.17, 15) is 4.79 Å². The summed E-state index contributed by atoms with van der Waals surface area (Å²) in [5, 5.41) is 0. The van der Waals surface area contributed by atoms with Crippen LogP contribution in [0.15, 0.2) is 60.7 Å². The van der Waals surface area contributed by atoms with E-state index in [1.807, 2.05) is 48.5 Å². The van der Waals surface area contributed by atoms with Gasteiger partial charge < -0.3 is 9.47 Å². The van der Waals surface area contributed by atoms with Gasteiger partial charge in [-0.05, 0) is 17.9 Å². The fourth-order valence-electron chi connectivity index (χ4n) is 3.02. The molecule has 1 saturated heterocycles. The molecule has 1 fully saturated rings. The SMILES string of the molecule is CC(CC(=O)c1ccccc1)C1COC(CCc2ccccc2)O1. The Labute approximate surface area is 143 Å². The Hall–Kier alpha value is -1.97. The molecule has 0 radical (unpaired) electrons. The van der Waals surface area contributed by atoms with Crippen molar-refractivity contribution < 1.29 is 14.3 Å². The fourth-order valence-corrected chi connectivity index (χ4v) is 3.02.